The third-order valence-corrected chi connectivity index (χ3v) is 5.65. The van der Waals surface area contributed by atoms with Crippen LogP contribution in [0.4, 0.5) is 5.69 Å². The molecular formula is C26H25N5O2. The van der Waals surface area contributed by atoms with Crippen LogP contribution in [0.1, 0.15) is 44.8 Å². The number of aryl methyl sites for hydroxylation is 1. The molecule has 1 atom stereocenters. The van der Waals surface area contributed by atoms with Gasteiger partial charge in [-0.05, 0) is 55.8 Å². The summed E-state index contributed by atoms with van der Waals surface area (Å²) in [6, 6.07) is 22.0. The lowest BCUT2D eigenvalue weighted by Gasteiger charge is -2.26. The van der Waals surface area contributed by atoms with Gasteiger partial charge >= 0.3 is 0 Å². The van der Waals surface area contributed by atoms with Crippen molar-refractivity contribution in [2.45, 2.75) is 19.9 Å². The minimum Gasteiger partial charge on any atom is -0.335 e. The summed E-state index contributed by atoms with van der Waals surface area (Å²) >= 11 is 0. The maximum atomic E-state index is 13.4. The maximum Gasteiger partial charge on any atom is 0.256 e. The molecule has 33 heavy (non-hydrogen) atoms. The predicted octanol–water partition coefficient (Wildman–Crippen LogP) is 4.66. The molecule has 1 N–H and O–H groups in total. The van der Waals surface area contributed by atoms with Gasteiger partial charge in [0.2, 0.25) is 0 Å². The Labute approximate surface area is 192 Å². The highest BCUT2D eigenvalue weighted by molar-refractivity contribution is 6.09. The lowest BCUT2D eigenvalue weighted by Crippen LogP contribution is -2.30. The Morgan fingerprint density at radius 2 is 1.76 bits per heavy atom. The van der Waals surface area contributed by atoms with E-state index in [1.807, 2.05) is 56.3 Å². The van der Waals surface area contributed by atoms with E-state index in [2.05, 4.69) is 15.4 Å². The van der Waals surface area contributed by atoms with E-state index in [0.717, 1.165) is 16.8 Å². The molecule has 1 heterocycles. The standard InChI is InChI=1S/C26H25N5O2/c1-18-7-6-8-21(15-18)25(32)29-24-10-5-4-9-23(24)26(33)30(3)19(2)20-11-13-22(14-12-20)31-17-27-16-28-31/h4-17,19H,1-3H3,(H,29,32). The number of amides is 2. The first kappa shape index (κ1) is 22.0. The third-order valence-electron chi connectivity index (χ3n) is 5.65. The molecule has 4 rings (SSSR count). The number of para-hydroxylation sites is 1. The van der Waals surface area contributed by atoms with E-state index >= 15 is 0 Å². The molecule has 166 valence electrons. The van der Waals surface area contributed by atoms with Crippen LogP contribution in [0.25, 0.3) is 5.69 Å². The number of nitrogens with zero attached hydrogens (tertiary/aromatic N) is 4. The molecule has 0 aliphatic heterocycles. The van der Waals surface area contributed by atoms with Crippen molar-refractivity contribution in [3.05, 3.63) is 108 Å². The van der Waals surface area contributed by atoms with Crippen molar-refractivity contribution >= 4 is 17.5 Å². The number of carbonyl (C=O) groups is 2. The number of benzene rings is 3. The quantitative estimate of drug-likeness (QED) is 0.474. The Morgan fingerprint density at radius 3 is 2.45 bits per heavy atom. The number of rotatable bonds is 6. The van der Waals surface area contributed by atoms with E-state index in [-0.39, 0.29) is 17.9 Å². The van der Waals surface area contributed by atoms with Gasteiger partial charge < -0.3 is 10.2 Å². The van der Waals surface area contributed by atoms with Gasteiger partial charge in [0.1, 0.15) is 12.7 Å². The second-order valence-electron chi connectivity index (χ2n) is 7.89. The number of anilines is 1. The first-order valence-electron chi connectivity index (χ1n) is 10.6. The number of aromatic nitrogens is 3. The van der Waals surface area contributed by atoms with Crippen LogP contribution in [0.2, 0.25) is 0 Å². The van der Waals surface area contributed by atoms with E-state index in [9.17, 15) is 9.59 Å². The minimum atomic E-state index is -0.252. The number of carbonyl (C=O) groups excluding carboxylic acids is 2. The van der Waals surface area contributed by atoms with Crippen LogP contribution in [0.3, 0.4) is 0 Å². The molecule has 0 bridgehead atoms. The summed E-state index contributed by atoms with van der Waals surface area (Å²) < 4.78 is 1.68. The van der Waals surface area contributed by atoms with Gasteiger partial charge in [0.05, 0.1) is 23.0 Å². The zero-order valence-corrected chi connectivity index (χ0v) is 18.8. The summed E-state index contributed by atoms with van der Waals surface area (Å²) in [4.78, 5) is 31.7. The zero-order valence-electron chi connectivity index (χ0n) is 18.8. The molecule has 2 amide bonds. The van der Waals surface area contributed by atoms with Crippen LogP contribution in [0.15, 0.2) is 85.5 Å². The molecule has 7 nitrogen and oxygen atoms in total. The van der Waals surface area contributed by atoms with Crippen LogP contribution in [-0.4, -0.2) is 38.5 Å². The van der Waals surface area contributed by atoms with Gasteiger partial charge in [-0.25, -0.2) is 9.67 Å². The SMILES string of the molecule is Cc1cccc(C(=O)Nc2ccccc2C(=O)N(C)C(C)c2ccc(-n3cncn3)cc2)c1. The van der Waals surface area contributed by atoms with Crippen molar-refractivity contribution < 1.29 is 9.59 Å². The van der Waals surface area contributed by atoms with Crippen molar-refractivity contribution in [3.8, 4) is 5.69 Å². The molecule has 1 aromatic heterocycles. The number of hydrogen-bond acceptors (Lipinski definition) is 4. The summed E-state index contributed by atoms with van der Waals surface area (Å²) in [6.07, 6.45) is 3.12. The molecule has 0 aliphatic carbocycles. The lowest BCUT2D eigenvalue weighted by molar-refractivity contribution is 0.0743. The van der Waals surface area contributed by atoms with E-state index in [0.29, 0.717) is 16.8 Å². The highest BCUT2D eigenvalue weighted by atomic mass is 16.2. The summed E-state index contributed by atoms with van der Waals surface area (Å²) in [6.45, 7) is 3.90. The Hall–Kier alpha value is -4.26. The van der Waals surface area contributed by atoms with Crippen molar-refractivity contribution in [2.24, 2.45) is 0 Å². The molecular weight excluding hydrogens is 414 g/mol. The average molecular weight is 440 g/mol. The van der Waals surface area contributed by atoms with Crippen molar-refractivity contribution in [3.63, 3.8) is 0 Å². The highest BCUT2D eigenvalue weighted by Gasteiger charge is 2.22. The van der Waals surface area contributed by atoms with E-state index in [1.54, 1.807) is 53.3 Å². The second-order valence-corrected chi connectivity index (χ2v) is 7.89. The number of nitrogens with one attached hydrogen (secondary N) is 1. The van der Waals surface area contributed by atoms with Gasteiger partial charge in [-0.2, -0.15) is 5.10 Å². The van der Waals surface area contributed by atoms with E-state index < -0.39 is 0 Å². The van der Waals surface area contributed by atoms with Crippen LogP contribution in [-0.2, 0) is 0 Å². The summed E-state index contributed by atoms with van der Waals surface area (Å²) in [5.74, 6) is -0.429. The van der Waals surface area contributed by atoms with Gasteiger partial charge in [0.15, 0.2) is 0 Å². The van der Waals surface area contributed by atoms with E-state index in [4.69, 9.17) is 0 Å². The topological polar surface area (TPSA) is 80.1 Å². The fourth-order valence-corrected chi connectivity index (χ4v) is 3.60. The fraction of sp³-hybridized carbons (Fsp3) is 0.154. The zero-order chi connectivity index (χ0) is 23.4. The lowest BCUT2D eigenvalue weighted by atomic mass is 10.0. The van der Waals surface area contributed by atoms with Crippen LogP contribution < -0.4 is 5.32 Å². The molecule has 1 unspecified atom stereocenters. The maximum absolute atomic E-state index is 13.4. The molecule has 0 aliphatic rings. The van der Waals surface area contributed by atoms with Crippen molar-refractivity contribution in [1.29, 1.82) is 0 Å². The summed E-state index contributed by atoms with van der Waals surface area (Å²) in [7, 11) is 1.76. The average Bonchev–Trinajstić information content (AvgIpc) is 3.38. The van der Waals surface area contributed by atoms with Crippen LogP contribution in [0, 0.1) is 6.92 Å². The van der Waals surface area contributed by atoms with Gasteiger partial charge in [-0.1, -0.05) is 42.0 Å². The van der Waals surface area contributed by atoms with Gasteiger partial charge in [0.25, 0.3) is 11.8 Å². The number of hydrogen-bond donors (Lipinski definition) is 1. The van der Waals surface area contributed by atoms with Gasteiger partial charge in [0, 0.05) is 12.6 Å². The summed E-state index contributed by atoms with van der Waals surface area (Å²) in [5.41, 5.74) is 4.33. The van der Waals surface area contributed by atoms with Gasteiger partial charge in [-0.15, -0.1) is 0 Å². The Morgan fingerprint density at radius 1 is 1.00 bits per heavy atom. The van der Waals surface area contributed by atoms with Gasteiger partial charge in [-0.3, -0.25) is 9.59 Å². The molecule has 7 heteroatoms. The molecule has 0 spiro atoms. The molecule has 0 saturated heterocycles. The second kappa shape index (κ2) is 9.48. The predicted molar refractivity (Wildman–Crippen MR) is 127 cm³/mol. The normalized spacial score (nSPS) is 11.6. The largest absolute Gasteiger partial charge is 0.335 e. The van der Waals surface area contributed by atoms with Crippen molar-refractivity contribution in [2.75, 3.05) is 12.4 Å². The summed E-state index contributed by atoms with van der Waals surface area (Å²) in [5, 5.41) is 7.02. The first-order chi connectivity index (χ1) is 15.9. The first-order valence-corrected chi connectivity index (χ1v) is 10.6. The molecule has 0 radical (unpaired) electrons. The minimum absolute atomic E-state index is 0.178. The molecule has 0 saturated carbocycles. The van der Waals surface area contributed by atoms with Crippen LogP contribution in [0.5, 0.6) is 0 Å². The Bertz CT molecular complexity index is 1270. The Kier molecular flexibility index (Phi) is 6.31. The molecule has 3 aromatic carbocycles. The Balaban J connectivity index is 1.52. The molecule has 4 aromatic rings. The monoisotopic (exact) mass is 439 g/mol. The molecule has 0 fully saturated rings. The van der Waals surface area contributed by atoms with Crippen LogP contribution >= 0.6 is 0 Å². The fourth-order valence-electron chi connectivity index (χ4n) is 3.60. The third kappa shape index (κ3) is 4.82. The smallest absolute Gasteiger partial charge is 0.256 e. The van der Waals surface area contributed by atoms with E-state index in [1.165, 1.54) is 6.33 Å². The highest BCUT2D eigenvalue weighted by Crippen LogP contribution is 2.25. The van der Waals surface area contributed by atoms with Crippen molar-refractivity contribution in [1.82, 2.24) is 19.7 Å².